The van der Waals surface area contributed by atoms with E-state index >= 15 is 0 Å². The molecule has 37 heavy (non-hydrogen) atoms. The number of likely N-dealkylation sites (N-methyl/N-ethyl adjacent to an activating group) is 1. The van der Waals surface area contributed by atoms with Crippen molar-refractivity contribution in [2.24, 2.45) is 7.05 Å². The van der Waals surface area contributed by atoms with Crippen molar-refractivity contribution in [2.75, 3.05) is 48.8 Å². The van der Waals surface area contributed by atoms with Crippen LogP contribution in [0, 0.1) is 6.92 Å². The summed E-state index contributed by atoms with van der Waals surface area (Å²) in [4.78, 5) is 35.6. The number of rotatable bonds is 6. The lowest BCUT2D eigenvalue weighted by molar-refractivity contribution is 0.101. The van der Waals surface area contributed by atoms with Crippen LogP contribution in [0.1, 0.15) is 28.7 Å². The highest BCUT2D eigenvalue weighted by Gasteiger charge is 2.19. The van der Waals surface area contributed by atoms with Gasteiger partial charge in [-0.15, -0.1) is 0 Å². The fraction of sp³-hybridized carbons (Fsp3) is 0.308. The number of anilines is 4. The first-order valence-electron chi connectivity index (χ1n) is 12.1. The van der Waals surface area contributed by atoms with Gasteiger partial charge in [-0.25, -0.2) is 19.9 Å². The maximum absolute atomic E-state index is 12.9. The average molecular weight is 499 g/mol. The summed E-state index contributed by atoms with van der Waals surface area (Å²) >= 11 is 0. The zero-order valence-electron chi connectivity index (χ0n) is 21.5. The van der Waals surface area contributed by atoms with Crippen molar-refractivity contribution < 1.29 is 4.79 Å². The van der Waals surface area contributed by atoms with E-state index in [9.17, 15) is 4.79 Å². The third kappa shape index (κ3) is 5.12. The summed E-state index contributed by atoms with van der Waals surface area (Å²) in [6.07, 6.45) is 3.23. The summed E-state index contributed by atoms with van der Waals surface area (Å²) < 4.78 is 1.55. The molecule has 0 aliphatic carbocycles. The Balaban J connectivity index is 1.40. The number of hydrogen-bond acceptors (Lipinski definition) is 9. The number of nitrogens with zero attached hydrogens (tertiary/aromatic N) is 8. The molecule has 1 fully saturated rings. The molecule has 1 amide bonds. The van der Waals surface area contributed by atoms with Gasteiger partial charge in [0.2, 0.25) is 5.95 Å². The zero-order chi connectivity index (χ0) is 26.1. The first kappa shape index (κ1) is 24.3. The molecular formula is C26H30N10O. The fourth-order valence-corrected chi connectivity index (χ4v) is 4.14. The minimum atomic E-state index is -0.255. The monoisotopic (exact) mass is 498 g/mol. The molecule has 0 spiro atoms. The van der Waals surface area contributed by atoms with Crippen molar-refractivity contribution in [3.8, 4) is 0 Å². The maximum Gasteiger partial charge on any atom is 0.273 e. The first-order valence-corrected chi connectivity index (χ1v) is 12.1. The number of benzene rings is 1. The van der Waals surface area contributed by atoms with E-state index < -0.39 is 0 Å². The molecule has 0 bridgehead atoms. The normalized spacial score (nSPS) is 14.1. The summed E-state index contributed by atoms with van der Waals surface area (Å²) in [6, 6.07) is 7.41. The van der Waals surface area contributed by atoms with Gasteiger partial charge in [0.25, 0.3) is 5.91 Å². The van der Waals surface area contributed by atoms with Gasteiger partial charge < -0.3 is 20.4 Å². The van der Waals surface area contributed by atoms with Crippen LogP contribution < -0.4 is 15.5 Å². The van der Waals surface area contributed by atoms with E-state index in [0.717, 1.165) is 43.0 Å². The predicted octanol–water partition coefficient (Wildman–Crippen LogP) is 3.24. The molecule has 0 saturated carbocycles. The summed E-state index contributed by atoms with van der Waals surface area (Å²) in [5.74, 6) is 0.989. The predicted molar refractivity (Wildman–Crippen MR) is 145 cm³/mol. The van der Waals surface area contributed by atoms with Crippen LogP contribution in [0.25, 0.3) is 16.6 Å². The van der Waals surface area contributed by atoms with E-state index in [1.165, 1.54) is 6.33 Å². The van der Waals surface area contributed by atoms with Crippen LogP contribution in [-0.4, -0.2) is 73.8 Å². The first-order chi connectivity index (χ1) is 17.8. The van der Waals surface area contributed by atoms with Crippen molar-refractivity contribution in [3.63, 3.8) is 0 Å². The number of piperazine rings is 1. The number of nitrogens with one attached hydrogen (secondary N) is 2. The number of fused-ring (bicyclic) bond motifs is 1. The number of aryl methyl sites for hydroxylation is 2. The van der Waals surface area contributed by atoms with Crippen LogP contribution in [0.4, 0.5) is 23.1 Å². The Morgan fingerprint density at radius 1 is 1.05 bits per heavy atom. The maximum atomic E-state index is 12.9. The Bertz CT molecular complexity index is 1490. The second kappa shape index (κ2) is 9.94. The van der Waals surface area contributed by atoms with Gasteiger partial charge in [-0.05, 0) is 50.2 Å². The number of aromatic nitrogens is 6. The molecule has 11 heteroatoms. The van der Waals surface area contributed by atoms with Crippen LogP contribution in [0.2, 0.25) is 0 Å². The quantitative estimate of drug-likeness (QED) is 0.413. The fourth-order valence-electron chi connectivity index (χ4n) is 4.14. The van der Waals surface area contributed by atoms with E-state index in [4.69, 9.17) is 4.98 Å². The number of amides is 1. The van der Waals surface area contributed by atoms with Gasteiger partial charge in [-0.1, -0.05) is 12.6 Å². The lowest BCUT2D eigenvalue weighted by Crippen LogP contribution is -2.45. The highest BCUT2D eigenvalue weighted by atomic mass is 16.2. The van der Waals surface area contributed by atoms with Gasteiger partial charge in [0, 0.05) is 44.6 Å². The zero-order valence-corrected chi connectivity index (χ0v) is 21.5. The van der Waals surface area contributed by atoms with Crippen LogP contribution in [-0.2, 0) is 7.05 Å². The molecule has 0 radical (unpaired) electrons. The highest BCUT2D eigenvalue weighted by Crippen LogP contribution is 2.27. The molecular weight excluding hydrogens is 468 g/mol. The molecule has 5 rings (SSSR count). The second-order valence-electron chi connectivity index (χ2n) is 9.34. The topological polar surface area (TPSA) is 117 Å². The Morgan fingerprint density at radius 3 is 2.57 bits per heavy atom. The third-order valence-electron chi connectivity index (χ3n) is 6.45. The van der Waals surface area contributed by atoms with Crippen LogP contribution in [0.5, 0.6) is 0 Å². The van der Waals surface area contributed by atoms with Gasteiger partial charge in [-0.2, -0.15) is 5.10 Å². The minimum Gasteiger partial charge on any atom is -0.338 e. The molecule has 1 aliphatic rings. The molecule has 190 valence electrons. The molecule has 0 unspecified atom stereocenters. The third-order valence-corrected chi connectivity index (χ3v) is 6.45. The smallest absolute Gasteiger partial charge is 0.273 e. The van der Waals surface area contributed by atoms with Crippen LogP contribution in [0.15, 0.2) is 43.4 Å². The summed E-state index contributed by atoms with van der Waals surface area (Å²) in [6.45, 7) is 11.4. The largest absolute Gasteiger partial charge is 0.338 e. The van der Waals surface area contributed by atoms with Crippen molar-refractivity contribution in [1.82, 2.24) is 34.6 Å². The number of hydrogen-bond donors (Lipinski definition) is 2. The van der Waals surface area contributed by atoms with Crippen molar-refractivity contribution in [2.45, 2.75) is 13.8 Å². The van der Waals surface area contributed by atoms with Gasteiger partial charge in [-0.3, -0.25) is 9.48 Å². The molecule has 2 N–H and O–H groups in total. The summed E-state index contributed by atoms with van der Waals surface area (Å²) in [5, 5.41) is 10.7. The molecule has 1 aromatic carbocycles. The van der Waals surface area contributed by atoms with Gasteiger partial charge >= 0.3 is 0 Å². The van der Waals surface area contributed by atoms with Crippen LogP contribution in [0.3, 0.4) is 0 Å². The number of allylic oxidation sites excluding steroid dienone is 1. The SMILES string of the molecule is C=C(C)c1cc(C(=O)Nc2ccc(C)c(Nc3ncnc4cnc(N5CCN(C)CC5)nc34)c2)n(C)n1. The van der Waals surface area contributed by atoms with Crippen molar-refractivity contribution in [1.29, 1.82) is 0 Å². The second-order valence-corrected chi connectivity index (χ2v) is 9.34. The Morgan fingerprint density at radius 2 is 1.84 bits per heavy atom. The van der Waals surface area contributed by atoms with E-state index in [0.29, 0.717) is 39.9 Å². The molecule has 1 saturated heterocycles. The molecule has 4 aromatic rings. The van der Waals surface area contributed by atoms with Crippen LogP contribution >= 0.6 is 0 Å². The van der Waals surface area contributed by atoms with Crippen molar-refractivity contribution in [3.05, 3.63) is 60.3 Å². The van der Waals surface area contributed by atoms with Gasteiger partial charge in [0.15, 0.2) is 5.82 Å². The lowest BCUT2D eigenvalue weighted by atomic mass is 10.1. The van der Waals surface area contributed by atoms with Gasteiger partial charge in [0.05, 0.1) is 11.9 Å². The van der Waals surface area contributed by atoms with Crippen molar-refractivity contribution >= 4 is 45.7 Å². The number of carbonyl (C=O) groups excluding carboxylic acids is 1. The molecule has 4 heterocycles. The summed E-state index contributed by atoms with van der Waals surface area (Å²) in [7, 11) is 3.85. The Kier molecular flexibility index (Phi) is 6.53. The Hall–Kier alpha value is -4.38. The lowest BCUT2D eigenvalue weighted by Gasteiger charge is -2.32. The molecule has 11 nitrogen and oxygen atoms in total. The average Bonchev–Trinajstić information content (AvgIpc) is 3.28. The number of carbonyl (C=O) groups is 1. The standard InChI is InChI=1S/C26H30N10O/c1-16(2)19-13-22(35(5)33-19)25(37)30-18-7-6-17(3)20(12-18)31-24-23-21(28-15-29-24)14-27-26(32-23)36-10-8-34(4)9-11-36/h6-7,12-15H,1,8-11H2,2-5H3,(H,30,37)(H,28,29,31). The summed E-state index contributed by atoms with van der Waals surface area (Å²) in [5.41, 5.74) is 5.66. The minimum absolute atomic E-state index is 0.255. The van der Waals surface area contributed by atoms with E-state index in [1.807, 2.05) is 32.0 Å². The van der Waals surface area contributed by atoms with E-state index in [2.05, 4.69) is 54.1 Å². The Labute approximate surface area is 215 Å². The van der Waals surface area contributed by atoms with E-state index in [-0.39, 0.29) is 5.91 Å². The molecule has 0 atom stereocenters. The van der Waals surface area contributed by atoms with Gasteiger partial charge in [0.1, 0.15) is 23.1 Å². The molecule has 1 aliphatic heterocycles. The molecule has 3 aromatic heterocycles. The van der Waals surface area contributed by atoms with E-state index in [1.54, 1.807) is 24.0 Å². The highest BCUT2D eigenvalue weighted by molar-refractivity contribution is 6.03.